The van der Waals surface area contributed by atoms with Crippen LogP contribution in [0.25, 0.3) is 0 Å². The molecule has 1 heterocycles. The second-order valence-electron chi connectivity index (χ2n) is 11.6. The zero-order valence-corrected chi connectivity index (χ0v) is 27.9. The molecule has 2 aromatic carbocycles. The fourth-order valence-electron chi connectivity index (χ4n) is 5.06. The molecule has 0 spiro atoms. The SMILES string of the molecule is CCOC(=O)CCCN(Cc1ccc2c(c1)NC(=CN(C)c1ccc(C(N)=NOCOC(=O)C(C)C)cc1)N2C)C1=CC=CC=CC1. The third-order valence-electron chi connectivity index (χ3n) is 7.69. The van der Waals surface area contributed by atoms with Gasteiger partial charge < -0.3 is 40.1 Å². The number of anilines is 3. The molecule has 2 aliphatic rings. The van der Waals surface area contributed by atoms with Crippen LogP contribution in [-0.2, 0) is 30.4 Å². The van der Waals surface area contributed by atoms with E-state index in [9.17, 15) is 9.59 Å². The van der Waals surface area contributed by atoms with Crippen molar-refractivity contribution in [2.24, 2.45) is 16.8 Å². The van der Waals surface area contributed by atoms with E-state index in [4.69, 9.17) is 20.0 Å². The van der Waals surface area contributed by atoms with Crippen molar-refractivity contribution >= 4 is 34.8 Å². The number of rotatable bonds is 15. The van der Waals surface area contributed by atoms with Crippen LogP contribution in [0.3, 0.4) is 0 Å². The van der Waals surface area contributed by atoms with Gasteiger partial charge in [-0.05, 0) is 61.4 Å². The molecule has 11 heteroatoms. The first kappa shape index (κ1) is 34.7. The van der Waals surface area contributed by atoms with Crippen molar-refractivity contribution in [3.8, 4) is 0 Å². The molecular formula is C36H46N6O5. The summed E-state index contributed by atoms with van der Waals surface area (Å²) >= 11 is 0. The Morgan fingerprint density at radius 1 is 1.11 bits per heavy atom. The van der Waals surface area contributed by atoms with Crippen molar-refractivity contribution in [2.45, 2.75) is 46.6 Å². The summed E-state index contributed by atoms with van der Waals surface area (Å²) < 4.78 is 10.1. The van der Waals surface area contributed by atoms with E-state index in [0.717, 1.165) is 48.8 Å². The Hall–Kier alpha value is -5.19. The van der Waals surface area contributed by atoms with Gasteiger partial charge in [-0.15, -0.1) is 0 Å². The number of nitrogens with one attached hydrogen (secondary N) is 1. The highest BCUT2D eigenvalue weighted by atomic mass is 16.8. The van der Waals surface area contributed by atoms with Gasteiger partial charge in [-0.2, -0.15) is 0 Å². The number of hydrogen-bond acceptors (Lipinski definition) is 10. The van der Waals surface area contributed by atoms with E-state index < -0.39 is 0 Å². The van der Waals surface area contributed by atoms with Gasteiger partial charge in [-0.3, -0.25) is 9.59 Å². The number of nitrogens with zero attached hydrogens (tertiary/aromatic N) is 4. The minimum absolute atomic E-state index is 0.155. The summed E-state index contributed by atoms with van der Waals surface area (Å²) in [6.07, 6.45) is 14.4. The summed E-state index contributed by atoms with van der Waals surface area (Å²) in [4.78, 5) is 35.0. The van der Waals surface area contributed by atoms with E-state index in [1.165, 1.54) is 11.3 Å². The van der Waals surface area contributed by atoms with Crippen LogP contribution in [0.4, 0.5) is 17.1 Å². The highest BCUT2D eigenvalue weighted by Crippen LogP contribution is 2.37. The average molecular weight is 643 g/mol. The van der Waals surface area contributed by atoms with Crippen LogP contribution < -0.4 is 20.9 Å². The van der Waals surface area contributed by atoms with Crippen LogP contribution in [0.15, 0.2) is 95.7 Å². The van der Waals surface area contributed by atoms with E-state index >= 15 is 0 Å². The van der Waals surface area contributed by atoms with Crippen LogP contribution in [0.2, 0.25) is 0 Å². The van der Waals surface area contributed by atoms with Crippen molar-refractivity contribution in [1.29, 1.82) is 0 Å². The highest BCUT2D eigenvalue weighted by Gasteiger charge is 2.22. The Kier molecular flexibility index (Phi) is 12.5. The molecule has 0 amide bonds. The van der Waals surface area contributed by atoms with Gasteiger partial charge >= 0.3 is 11.9 Å². The Balaban J connectivity index is 1.39. The van der Waals surface area contributed by atoms with Crippen LogP contribution >= 0.6 is 0 Å². The predicted molar refractivity (Wildman–Crippen MR) is 186 cm³/mol. The van der Waals surface area contributed by atoms with Crippen molar-refractivity contribution in [1.82, 2.24) is 4.90 Å². The lowest BCUT2D eigenvalue weighted by Crippen LogP contribution is -2.24. The maximum Gasteiger partial charge on any atom is 0.311 e. The first-order valence-electron chi connectivity index (χ1n) is 15.9. The fourth-order valence-corrected chi connectivity index (χ4v) is 5.06. The van der Waals surface area contributed by atoms with Crippen molar-refractivity contribution in [3.05, 3.63) is 102 Å². The number of oxime groups is 1. The molecule has 0 saturated heterocycles. The Morgan fingerprint density at radius 2 is 1.89 bits per heavy atom. The molecule has 0 saturated carbocycles. The van der Waals surface area contributed by atoms with E-state index in [0.29, 0.717) is 18.6 Å². The lowest BCUT2D eigenvalue weighted by Gasteiger charge is -2.27. The molecule has 250 valence electrons. The molecule has 0 bridgehead atoms. The molecule has 2 aromatic rings. The van der Waals surface area contributed by atoms with E-state index in [1.54, 1.807) is 13.8 Å². The van der Waals surface area contributed by atoms with Crippen LogP contribution in [0.1, 0.15) is 51.2 Å². The largest absolute Gasteiger partial charge is 0.466 e. The molecule has 0 atom stereocenters. The van der Waals surface area contributed by atoms with Gasteiger partial charge in [0.1, 0.15) is 5.82 Å². The maximum atomic E-state index is 12.0. The number of ether oxygens (including phenoxy) is 2. The zero-order chi connectivity index (χ0) is 33.8. The number of carbonyl (C=O) groups excluding carboxylic acids is 2. The molecule has 11 nitrogen and oxygen atoms in total. The number of fused-ring (bicyclic) bond motifs is 1. The van der Waals surface area contributed by atoms with Gasteiger partial charge in [0, 0.05) is 63.2 Å². The number of amidine groups is 1. The summed E-state index contributed by atoms with van der Waals surface area (Å²) in [5, 5.41) is 7.42. The molecular weight excluding hydrogens is 596 g/mol. The number of nitrogens with two attached hydrogens (primary N) is 1. The van der Waals surface area contributed by atoms with Crippen LogP contribution in [-0.4, -0.2) is 56.7 Å². The third kappa shape index (κ3) is 9.90. The summed E-state index contributed by atoms with van der Waals surface area (Å²) in [5.41, 5.74) is 12.2. The quantitative estimate of drug-likeness (QED) is 0.0614. The molecule has 0 fully saturated rings. The minimum atomic E-state index is -0.365. The van der Waals surface area contributed by atoms with Crippen molar-refractivity contribution in [2.75, 3.05) is 49.2 Å². The summed E-state index contributed by atoms with van der Waals surface area (Å²) in [5.74, 6) is 0.352. The third-order valence-corrected chi connectivity index (χ3v) is 7.69. The second-order valence-corrected chi connectivity index (χ2v) is 11.6. The smallest absolute Gasteiger partial charge is 0.311 e. The van der Waals surface area contributed by atoms with Crippen LogP contribution in [0.5, 0.6) is 0 Å². The number of benzene rings is 2. The normalized spacial score (nSPS) is 14.8. The zero-order valence-electron chi connectivity index (χ0n) is 27.9. The van der Waals surface area contributed by atoms with Gasteiger partial charge in [-0.25, -0.2) is 0 Å². The summed E-state index contributed by atoms with van der Waals surface area (Å²) in [6.45, 7) is 6.90. The molecule has 47 heavy (non-hydrogen) atoms. The lowest BCUT2D eigenvalue weighted by molar-refractivity contribution is -0.160. The molecule has 0 aromatic heterocycles. The maximum absolute atomic E-state index is 12.0. The van der Waals surface area contributed by atoms with E-state index in [-0.39, 0.29) is 30.5 Å². The van der Waals surface area contributed by atoms with Gasteiger partial charge in [0.2, 0.25) is 0 Å². The molecule has 1 aliphatic heterocycles. The van der Waals surface area contributed by atoms with E-state index in [2.05, 4.69) is 62.8 Å². The van der Waals surface area contributed by atoms with Gasteiger partial charge in [0.15, 0.2) is 5.84 Å². The first-order valence-corrected chi connectivity index (χ1v) is 15.9. The Bertz CT molecular complexity index is 1540. The van der Waals surface area contributed by atoms with Crippen LogP contribution in [0, 0.1) is 5.92 Å². The Labute approximate surface area is 277 Å². The molecule has 0 unspecified atom stereocenters. The van der Waals surface area contributed by atoms with Crippen molar-refractivity contribution in [3.63, 3.8) is 0 Å². The molecule has 4 rings (SSSR count). The lowest BCUT2D eigenvalue weighted by atomic mass is 10.1. The summed E-state index contributed by atoms with van der Waals surface area (Å²) in [7, 11) is 4.01. The number of esters is 2. The highest BCUT2D eigenvalue weighted by molar-refractivity contribution is 5.97. The second kappa shape index (κ2) is 16.9. The number of allylic oxidation sites excluding steroid dienone is 5. The van der Waals surface area contributed by atoms with Gasteiger partial charge in [0.25, 0.3) is 6.79 Å². The number of carbonyl (C=O) groups is 2. The standard InChI is InChI=1S/C36H46N6O5/c1-6-45-34(43)14-11-21-42(30-12-9-7-8-10-13-30)23-27-15-20-32-31(22-27)38-33(41(32)5)24-40(4)29-18-16-28(17-19-29)35(37)39-47-25-46-36(44)26(2)3/h7-10,12,15-20,22,24,26,38H,6,11,13-14,21,23,25H2,1-5H3,(H2,37,39). The molecule has 1 aliphatic carbocycles. The first-order chi connectivity index (χ1) is 22.7. The monoisotopic (exact) mass is 642 g/mol. The average Bonchev–Trinajstić information content (AvgIpc) is 3.20. The topological polar surface area (TPSA) is 122 Å². The van der Waals surface area contributed by atoms with Gasteiger partial charge in [-0.1, -0.05) is 49.4 Å². The summed E-state index contributed by atoms with van der Waals surface area (Å²) in [6, 6.07) is 14.1. The minimum Gasteiger partial charge on any atom is -0.466 e. The van der Waals surface area contributed by atoms with Crippen molar-refractivity contribution < 1.29 is 23.9 Å². The predicted octanol–water partition coefficient (Wildman–Crippen LogP) is 5.82. The number of hydrogen-bond donors (Lipinski definition) is 2. The molecule has 0 radical (unpaired) electrons. The van der Waals surface area contributed by atoms with E-state index in [1.807, 2.05) is 62.5 Å². The fraction of sp³-hybridized carbons (Fsp3) is 0.361. The van der Waals surface area contributed by atoms with Gasteiger partial charge in [0.05, 0.1) is 23.9 Å². The Morgan fingerprint density at radius 3 is 2.64 bits per heavy atom. The molecule has 3 N–H and O–H groups in total.